The number of rotatable bonds is 7. The van der Waals surface area contributed by atoms with E-state index in [0.29, 0.717) is 23.2 Å². The number of carbonyl (C=O) groups is 1. The number of halogens is 1. The first-order valence-electron chi connectivity index (χ1n) is 7.88. The number of nitrogens with zero attached hydrogens (tertiary/aromatic N) is 4. The Bertz CT molecular complexity index is 755. The second-order valence-corrected chi connectivity index (χ2v) is 6.10. The molecule has 1 aliphatic rings. The number of para-hydroxylation sites is 1. The van der Waals surface area contributed by atoms with Crippen molar-refractivity contribution in [3.8, 4) is 5.69 Å². The third kappa shape index (κ3) is 3.34. The highest BCUT2D eigenvalue weighted by molar-refractivity contribution is 6.32. The molecular formula is C17H19ClN4O2. The summed E-state index contributed by atoms with van der Waals surface area (Å²) in [5.41, 5.74) is 0.713. The first kappa shape index (κ1) is 16.7. The van der Waals surface area contributed by atoms with Gasteiger partial charge in [0.1, 0.15) is 5.82 Å². The van der Waals surface area contributed by atoms with E-state index in [-0.39, 0.29) is 24.9 Å². The fourth-order valence-corrected chi connectivity index (χ4v) is 2.73. The number of hydrogen-bond acceptors (Lipinski definition) is 4. The molecule has 0 aliphatic heterocycles. The van der Waals surface area contributed by atoms with Crippen LogP contribution in [0.4, 0.5) is 0 Å². The van der Waals surface area contributed by atoms with E-state index in [1.54, 1.807) is 16.8 Å². The molecule has 1 aromatic carbocycles. The zero-order valence-corrected chi connectivity index (χ0v) is 14.0. The number of aliphatic hydroxyl groups excluding tert-OH is 1. The summed E-state index contributed by atoms with van der Waals surface area (Å²) < 4.78 is 1.66. The second kappa shape index (κ2) is 7.15. The normalized spacial score (nSPS) is 13.8. The van der Waals surface area contributed by atoms with Crippen molar-refractivity contribution >= 4 is 17.5 Å². The van der Waals surface area contributed by atoms with E-state index >= 15 is 0 Å². The summed E-state index contributed by atoms with van der Waals surface area (Å²) in [4.78, 5) is 18.6. The molecule has 1 amide bonds. The smallest absolute Gasteiger partial charge is 0.293 e. The molecule has 0 radical (unpaired) electrons. The van der Waals surface area contributed by atoms with Crippen LogP contribution in [0.15, 0.2) is 36.9 Å². The fourth-order valence-electron chi connectivity index (χ4n) is 2.52. The molecule has 3 rings (SSSR count). The minimum Gasteiger partial charge on any atom is -0.395 e. The van der Waals surface area contributed by atoms with Crippen LogP contribution in [-0.2, 0) is 0 Å². The Morgan fingerprint density at radius 3 is 2.83 bits per heavy atom. The third-order valence-corrected chi connectivity index (χ3v) is 4.17. The largest absolute Gasteiger partial charge is 0.395 e. The van der Waals surface area contributed by atoms with Gasteiger partial charge in [0.25, 0.3) is 5.91 Å². The van der Waals surface area contributed by atoms with Crippen molar-refractivity contribution in [3.63, 3.8) is 0 Å². The molecule has 1 N–H and O–H groups in total. The van der Waals surface area contributed by atoms with Crippen LogP contribution < -0.4 is 0 Å². The van der Waals surface area contributed by atoms with Gasteiger partial charge in [-0.15, -0.1) is 11.7 Å². The Hall–Kier alpha value is -2.18. The molecule has 1 fully saturated rings. The predicted molar refractivity (Wildman–Crippen MR) is 91.5 cm³/mol. The Morgan fingerprint density at radius 2 is 2.21 bits per heavy atom. The van der Waals surface area contributed by atoms with Gasteiger partial charge < -0.3 is 10.0 Å². The molecule has 1 saturated carbocycles. The van der Waals surface area contributed by atoms with Gasteiger partial charge in [0.05, 0.1) is 17.3 Å². The van der Waals surface area contributed by atoms with Crippen molar-refractivity contribution in [3.05, 3.63) is 53.6 Å². The van der Waals surface area contributed by atoms with Crippen LogP contribution in [-0.4, -0.2) is 50.4 Å². The Labute approximate surface area is 145 Å². The van der Waals surface area contributed by atoms with Crippen LogP contribution in [0.1, 0.15) is 35.2 Å². The van der Waals surface area contributed by atoms with Gasteiger partial charge in [0.2, 0.25) is 5.82 Å². The molecule has 6 nitrogen and oxygen atoms in total. The van der Waals surface area contributed by atoms with E-state index in [0.717, 1.165) is 18.7 Å². The van der Waals surface area contributed by atoms with Crippen LogP contribution in [0, 0.1) is 0 Å². The minimum absolute atomic E-state index is 0.118. The van der Waals surface area contributed by atoms with Crippen molar-refractivity contribution in [1.29, 1.82) is 0 Å². The summed E-state index contributed by atoms with van der Waals surface area (Å²) >= 11 is 6.28. The lowest BCUT2D eigenvalue weighted by molar-refractivity contribution is 0.0730. The topological polar surface area (TPSA) is 71.2 Å². The van der Waals surface area contributed by atoms with Crippen LogP contribution in [0.2, 0.25) is 5.02 Å². The summed E-state index contributed by atoms with van der Waals surface area (Å²) in [6.07, 6.45) is 3.67. The maximum absolute atomic E-state index is 12.6. The highest BCUT2D eigenvalue weighted by Crippen LogP contribution is 2.40. The Kier molecular flexibility index (Phi) is 4.97. The Morgan fingerprint density at radius 1 is 1.46 bits per heavy atom. The van der Waals surface area contributed by atoms with Crippen molar-refractivity contribution < 1.29 is 9.90 Å². The number of aliphatic hydroxyl groups is 1. The average Bonchev–Trinajstić information content (AvgIpc) is 3.33. The van der Waals surface area contributed by atoms with Gasteiger partial charge in [-0.2, -0.15) is 0 Å². The number of aromatic nitrogens is 3. The molecule has 1 heterocycles. The standard InChI is InChI=1S/C17H19ClN4O2/c1-2-9-21(10-11-23)17(24)15-19-16(12-7-8-12)22(20-15)14-6-4-3-5-13(14)18/h2-6,12,23H,1,7-11H2. The molecule has 1 aliphatic carbocycles. The van der Waals surface area contributed by atoms with Gasteiger partial charge in [0.15, 0.2) is 0 Å². The summed E-state index contributed by atoms with van der Waals surface area (Å²) in [5.74, 6) is 0.860. The SMILES string of the molecule is C=CCN(CCO)C(=O)c1nc(C2CC2)n(-c2ccccc2Cl)n1. The molecule has 0 saturated heterocycles. The third-order valence-electron chi connectivity index (χ3n) is 3.85. The maximum atomic E-state index is 12.6. The van der Waals surface area contributed by atoms with Gasteiger partial charge in [-0.25, -0.2) is 9.67 Å². The number of carbonyl (C=O) groups excluding carboxylic acids is 1. The quantitative estimate of drug-likeness (QED) is 0.781. The highest BCUT2D eigenvalue weighted by atomic mass is 35.5. The minimum atomic E-state index is -0.323. The van der Waals surface area contributed by atoms with Gasteiger partial charge in [0, 0.05) is 19.0 Å². The number of hydrogen-bond donors (Lipinski definition) is 1. The van der Waals surface area contributed by atoms with Crippen LogP contribution >= 0.6 is 11.6 Å². The first-order chi connectivity index (χ1) is 11.7. The molecule has 126 valence electrons. The van der Waals surface area contributed by atoms with Gasteiger partial charge in [-0.3, -0.25) is 4.79 Å². The van der Waals surface area contributed by atoms with Gasteiger partial charge in [-0.1, -0.05) is 29.8 Å². The van der Waals surface area contributed by atoms with E-state index < -0.39 is 0 Å². The maximum Gasteiger partial charge on any atom is 0.293 e. The van der Waals surface area contributed by atoms with Crippen molar-refractivity contribution in [2.24, 2.45) is 0 Å². The van der Waals surface area contributed by atoms with E-state index in [2.05, 4.69) is 16.7 Å². The van der Waals surface area contributed by atoms with E-state index in [1.165, 1.54) is 4.90 Å². The fraction of sp³-hybridized carbons (Fsp3) is 0.353. The van der Waals surface area contributed by atoms with Crippen molar-refractivity contribution in [2.45, 2.75) is 18.8 Å². The van der Waals surface area contributed by atoms with Gasteiger partial charge in [-0.05, 0) is 25.0 Å². The molecule has 2 aromatic rings. The van der Waals surface area contributed by atoms with Crippen LogP contribution in [0.3, 0.4) is 0 Å². The molecule has 7 heteroatoms. The monoisotopic (exact) mass is 346 g/mol. The molecule has 0 unspecified atom stereocenters. The van der Waals surface area contributed by atoms with Crippen LogP contribution in [0.25, 0.3) is 5.69 Å². The zero-order chi connectivity index (χ0) is 17.1. The molecule has 0 bridgehead atoms. The summed E-state index contributed by atoms with van der Waals surface area (Å²) in [5, 5.41) is 14.1. The summed E-state index contributed by atoms with van der Waals surface area (Å²) in [7, 11) is 0. The number of amides is 1. The molecule has 24 heavy (non-hydrogen) atoms. The van der Waals surface area contributed by atoms with E-state index in [9.17, 15) is 4.79 Å². The number of benzene rings is 1. The molecule has 1 aromatic heterocycles. The van der Waals surface area contributed by atoms with Crippen molar-refractivity contribution in [2.75, 3.05) is 19.7 Å². The summed E-state index contributed by atoms with van der Waals surface area (Å²) in [6, 6.07) is 7.36. The lowest BCUT2D eigenvalue weighted by Crippen LogP contribution is -2.34. The highest BCUT2D eigenvalue weighted by Gasteiger charge is 2.32. The summed E-state index contributed by atoms with van der Waals surface area (Å²) in [6.45, 7) is 4.06. The molecule has 0 spiro atoms. The van der Waals surface area contributed by atoms with Crippen molar-refractivity contribution in [1.82, 2.24) is 19.7 Å². The van der Waals surface area contributed by atoms with E-state index in [4.69, 9.17) is 16.7 Å². The van der Waals surface area contributed by atoms with Crippen LogP contribution in [0.5, 0.6) is 0 Å². The van der Waals surface area contributed by atoms with Gasteiger partial charge >= 0.3 is 0 Å². The predicted octanol–water partition coefficient (Wildman–Crippen LogP) is 2.42. The van der Waals surface area contributed by atoms with E-state index in [1.807, 2.05) is 18.2 Å². The lowest BCUT2D eigenvalue weighted by atomic mass is 10.3. The first-order valence-corrected chi connectivity index (χ1v) is 8.26. The molecule has 0 atom stereocenters. The lowest BCUT2D eigenvalue weighted by Gasteiger charge is -2.17. The Balaban J connectivity index is 1.98. The molecular weight excluding hydrogens is 328 g/mol. The zero-order valence-electron chi connectivity index (χ0n) is 13.2. The average molecular weight is 347 g/mol. The second-order valence-electron chi connectivity index (χ2n) is 5.69.